The predicted octanol–water partition coefficient (Wildman–Crippen LogP) is 7.82. The fourth-order valence-corrected chi connectivity index (χ4v) is 5.83. The Kier molecular flexibility index (Phi) is 8.52. The van der Waals surface area contributed by atoms with Gasteiger partial charge in [0.1, 0.15) is 6.61 Å². The molecule has 186 valence electrons. The van der Waals surface area contributed by atoms with Crippen molar-refractivity contribution in [2.45, 2.75) is 6.61 Å². The summed E-state index contributed by atoms with van der Waals surface area (Å²) in [4.78, 5) is 17.3. The summed E-state index contributed by atoms with van der Waals surface area (Å²) >= 11 is 22.6. The van der Waals surface area contributed by atoms with Gasteiger partial charge in [-0.1, -0.05) is 53.2 Å². The monoisotopic (exact) mass is 622 g/mol. The van der Waals surface area contributed by atoms with Gasteiger partial charge in [0.15, 0.2) is 15.8 Å². The summed E-state index contributed by atoms with van der Waals surface area (Å²) < 4.78 is 12.7. The van der Waals surface area contributed by atoms with E-state index in [0.717, 1.165) is 22.5 Å². The number of carbonyl (C=O) groups excluding carboxylic acids is 1. The molecule has 4 rings (SSSR count). The fourth-order valence-electron chi connectivity index (χ4n) is 3.49. The molecule has 5 nitrogen and oxygen atoms in total. The van der Waals surface area contributed by atoms with Crippen LogP contribution < -0.4 is 19.3 Å². The van der Waals surface area contributed by atoms with Gasteiger partial charge in [-0.2, -0.15) is 0 Å². The first kappa shape index (κ1) is 26.8. The molecule has 0 spiro atoms. The second-order valence-corrected chi connectivity index (χ2v) is 11.4. The Labute approximate surface area is 238 Å². The SMILES string of the molecule is COc1cc(/C=C2\SC(=S)N(c3ccc(N(C)C)cc3)C2=O)cc(Br)c1OCc1ccc(Cl)cc1Cl. The van der Waals surface area contributed by atoms with Crippen LogP contribution in [0.1, 0.15) is 11.1 Å². The quantitative estimate of drug-likeness (QED) is 0.197. The predicted molar refractivity (Wildman–Crippen MR) is 158 cm³/mol. The van der Waals surface area contributed by atoms with E-state index in [4.69, 9.17) is 44.9 Å². The highest BCUT2D eigenvalue weighted by Gasteiger charge is 2.33. The van der Waals surface area contributed by atoms with Crippen LogP contribution in [0.25, 0.3) is 6.08 Å². The van der Waals surface area contributed by atoms with Crippen LogP contribution in [-0.4, -0.2) is 31.4 Å². The largest absolute Gasteiger partial charge is 0.493 e. The van der Waals surface area contributed by atoms with Crippen LogP contribution in [0, 0.1) is 0 Å². The van der Waals surface area contributed by atoms with E-state index in [1.165, 1.54) is 11.8 Å². The van der Waals surface area contributed by atoms with Crippen molar-refractivity contribution in [2.24, 2.45) is 0 Å². The van der Waals surface area contributed by atoms with E-state index in [0.29, 0.717) is 35.2 Å². The standard InChI is InChI=1S/C26H21BrCl2N2O3S2/c1-30(2)18-6-8-19(9-7-18)31-25(32)23(36-26(31)35)12-15-10-20(27)24(22(11-15)33-3)34-14-16-4-5-17(28)13-21(16)29/h4-13H,14H2,1-3H3/b23-12-. The highest BCUT2D eigenvalue weighted by atomic mass is 79.9. The first-order chi connectivity index (χ1) is 17.2. The molecule has 36 heavy (non-hydrogen) atoms. The Hall–Kier alpha value is -2.23. The Bertz CT molecular complexity index is 1360. The van der Waals surface area contributed by atoms with Gasteiger partial charge in [0, 0.05) is 35.4 Å². The van der Waals surface area contributed by atoms with Crippen LogP contribution in [0.4, 0.5) is 11.4 Å². The number of amides is 1. The Balaban J connectivity index is 1.56. The van der Waals surface area contributed by atoms with Gasteiger partial charge in [-0.05, 0) is 76.1 Å². The lowest BCUT2D eigenvalue weighted by Gasteiger charge is -2.17. The summed E-state index contributed by atoms with van der Waals surface area (Å²) in [5, 5.41) is 1.08. The number of methoxy groups -OCH3 is 1. The molecule has 0 saturated carbocycles. The molecule has 1 saturated heterocycles. The normalized spacial score (nSPS) is 14.5. The summed E-state index contributed by atoms with van der Waals surface area (Å²) in [5.74, 6) is 0.861. The van der Waals surface area contributed by atoms with Gasteiger partial charge in [-0.15, -0.1) is 0 Å². The third kappa shape index (κ3) is 5.84. The highest BCUT2D eigenvalue weighted by molar-refractivity contribution is 9.10. The van der Waals surface area contributed by atoms with E-state index in [9.17, 15) is 4.79 Å². The minimum Gasteiger partial charge on any atom is -0.493 e. The van der Waals surface area contributed by atoms with E-state index in [2.05, 4.69) is 15.9 Å². The Morgan fingerprint density at radius 2 is 1.83 bits per heavy atom. The number of hydrogen-bond acceptors (Lipinski definition) is 6. The number of thioether (sulfide) groups is 1. The molecule has 1 fully saturated rings. The van der Waals surface area contributed by atoms with E-state index in [1.54, 1.807) is 30.2 Å². The number of halogens is 3. The summed E-state index contributed by atoms with van der Waals surface area (Å²) in [6.07, 6.45) is 1.79. The van der Waals surface area contributed by atoms with Crippen molar-refractivity contribution in [1.29, 1.82) is 0 Å². The fraction of sp³-hybridized carbons (Fsp3) is 0.154. The van der Waals surface area contributed by atoms with Crippen molar-refractivity contribution in [3.63, 3.8) is 0 Å². The number of nitrogens with zero attached hydrogens (tertiary/aromatic N) is 2. The molecule has 0 unspecified atom stereocenters. The van der Waals surface area contributed by atoms with Crippen molar-refractivity contribution in [2.75, 3.05) is 31.0 Å². The molecule has 0 aliphatic carbocycles. The average molecular weight is 624 g/mol. The van der Waals surface area contributed by atoms with Crippen molar-refractivity contribution < 1.29 is 14.3 Å². The van der Waals surface area contributed by atoms with Gasteiger partial charge < -0.3 is 14.4 Å². The lowest BCUT2D eigenvalue weighted by atomic mass is 10.1. The van der Waals surface area contributed by atoms with E-state index < -0.39 is 0 Å². The van der Waals surface area contributed by atoms with Crippen LogP contribution in [0.2, 0.25) is 10.0 Å². The van der Waals surface area contributed by atoms with Crippen LogP contribution in [0.3, 0.4) is 0 Å². The average Bonchev–Trinajstić information content (AvgIpc) is 3.11. The van der Waals surface area contributed by atoms with Gasteiger partial charge in [0.25, 0.3) is 5.91 Å². The molecule has 0 atom stereocenters. The number of hydrogen-bond donors (Lipinski definition) is 0. The molecule has 1 amide bonds. The topological polar surface area (TPSA) is 42.0 Å². The third-order valence-corrected chi connectivity index (χ3v) is 7.83. The maximum atomic E-state index is 13.2. The van der Waals surface area contributed by atoms with Gasteiger partial charge in [0.2, 0.25) is 0 Å². The van der Waals surface area contributed by atoms with Gasteiger partial charge >= 0.3 is 0 Å². The molecule has 3 aromatic carbocycles. The second-order valence-electron chi connectivity index (χ2n) is 7.99. The number of anilines is 2. The smallest absolute Gasteiger partial charge is 0.270 e. The number of rotatable bonds is 7. The molecule has 1 heterocycles. The van der Waals surface area contributed by atoms with Crippen molar-refractivity contribution in [3.05, 3.63) is 85.1 Å². The summed E-state index contributed by atoms with van der Waals surface area (Å²) in [7, 11) is 5.49. The number of thiocarbonyl (C=S) groups is 1. The van der Waals surface area contributed by atoms with Crippen LogP contribution in [-0.2, 0) is 11.4 Å². The minimum atomic E-state index is -0.171. The lowest BCUT2D eigenvalue weighted by molar-refractivity contribution is -0.113. The molecule has 0 aromatic heterocycles. The molecule has 3 aromatic rings. The highest BCUT2D eigenvalue weighted by Crippen LogP contribution is 2.41. The first-order valence-electron chi connectivity index (χ1n) is 10.7. The summed E-state index contributed by atoms with van der Waals surface area (Å²) in [6, 6.07) is 16.6. The van der Waals surface area contributed by atoms with Crippen LogP contribution >= 0.6 is 63.1 Å². The molecule has 1 aliphatic heterocycles. The third-order valence-electron chi connectivity index (χ3n) is 5.35. The number of carbonyl (C=O) groups is 1. The molecule has 10 heteroatoms. The second kappa shape index (κ2) is 11.4. The van der Waals surface area contributed by atoms with Gasteiger partial charge in [-0.3, -0.25) is 9.69 Å². The van der Waals surface area contributed by atoms with Gasteiger partial charge in [-0.25, -0.2) is 0 Å². The van der Waals surface area contributed by atoms with E-state index >= 15 is 0 Å². The zero-order valence-corrected chi connectivity index (χ0v) is 24.3. The van der Waals surface area contributed by atoms with Crippen molar-refractivity contribution >= 4 is 90.8 Å². The molecular weight excluding hydrogens is 603 g/mol. The maximum Gasteiger partial charge on any atom is 0.270 e. The molecule has 0 bridgehead atoms. The molecule has 1 aliphatic rings. The Morgan fingerprint density at radius 3 is 2.47 bits per heavy atom. The zero-order valence-electron chi connectivity index (χ0n) is 19.6. The maximum absolute atomic E-state index is 13.2. The number of benzene rings is 3. The summed E-state index contributed by atoms with van der Waals surface area (Å²) in [5.41, 5.74) is 3.33. The van der Waals surface area contributed by atoms with E-state index in [1.807, 2.05) is 61.5 Å². The van der Waals surface area contributed by atoms with Crippen molar-refractivity contribution in [3.8, 4) is 11.5 Å². The van der Waals surface area contributed by atoms with E-state index in [-0.39, 0.29) is 12.5 Å². The minimum absolute atomic E-state index is 0.171. The molecular formula is C26H21BrCl2N2O3S2. The lowest BCUT2D eigenvalue weighted by Crippen LogP contribution is -2.27. The molecule has 0 radical (unpaired) electrons. The number of ether oxygens (including phenoxy) is 2. The van der Waals surface area contributed by atoms with Crippen LogP contribution in [0.15, 0.2) is 64.0 Å². The summed E-state index contributed by atoms with van der Waals surface area (Å²) in [6.45, 7) is 0.232. The molecule has 0 N–H and O–H groups in total. The zero-order chi connectivity index (χ0) is 26.0. The van der Waals surface area contributed by atoms with Crippen LogP contribution in [0.5, 0.6) is 11.5 Å². The first-order valence-corrected chi connectivity index (χ1v) is 13.4. The van der Waals surface area contributed by atoms with Crippen molar-refractivity contribution in [1.82, 2.24) is 0 Å². The van der Waals surface area contributed by atoms with Gasteiger partial charge in [0.05, 0.1) is 22.2 Å². The Morgan fingerprint density at radius 1 is 1.11 bits per heavy atom.